The van der Waals surface area contributed by atoms with Crippen LogP contribution in [0.3, 0.4) is 0 Å². The van der Waals surface area contributed by atoms with E-state index in [0.717, 1.165) is 23.1 Å². The van der Waals surface area contributed by atoms with Gasteiger partial charge >= 0.3 is 0 Å². The van der Waals surface area contributed by atoms with Crippen LogP contribution >= 0.6 is 24.0 Å². The van der Waals surface area contributed by atoms with Crippen LogP contribution in [0.5, 0.6) is 5.75 Å². The molecule has 0 saturated carbocycles. The molecule has 0 aliphatic carbocycles. The standard InChI is InChI=1S/C20H28N4O3S.HI/c1-5-27-18-12-10-16(11-13-18)15-24(3)20(21-2)22-14-17-8-6-7-9-19(17)23-28(4,25)26;/h6-13,23H,5,14-15H2,1-4H3,(H,21,22);1H. The molecule has 0 saturated heterocycles. The van der Waals surface area contributed by atoms with E-state index in [-0.39, 0.29) is 24.0 Å². The van der Waals surface area contributed by atoms with Gasteiger partial charge in [0, 0.05) is 27.2 Å². The fourth-order valence-electron chi connectivity index (χ4n) is 2.74. The second-order valence-electron chi connectivity index (χ2n) is 6.37. The largest absolute Gasteiger partial charge is 0.494 e. The maximum absolute atomic E-state index is 11.6. The van der Waals surface area contributed by atoms with Crippen molar-refractivity contribution < 1.29 is 13.2 Å². The third-order valence-electron chi connectivity index (χ3n) is 3.98. The maximum atomic E-state index is 11.6. The summed E-state index contributed by atoms with van der Waals surface area (Å²) in [4.78, 5) is 6.32. The van der Waals surface area contributed by atoms with E-state index in [1.807, 2.05) is 55.3 Å². The van der Waals surface area contributed by atoms with Gasteiger partial charge < -0.3 is 15.0 Å². The smallest absolute Gasteiger partial charge is 0.229 e. The lowest BCUT2D eigenvalue weighted by Gasteiger charge is -2.23. The van der Waals surface area contributed by atoms with E-state index in [2.05, 4.69) is 15.0 Å². The first-order chi connectivity index (χ1) is 13.3. The number of hydrogen-bond donors (Lipinski definition) is 2. The molecule has 2 N–H and O–H groups in total. The molecular weight excluding hydrogens is 503 g/mol. The molecule has 29 heavy (non-hydrogen) atoms. The van der Waals surface area contributed by atoms with Crippen molar-refractivity contribution in [2.24, 2.45) is 4.99 Å². The zero-order chi connectivity index (χ0) is 20.6. The summed E-state index contributed by atoms with van der Waals surface area (Å²) in [5.74, 6) is 1.56. The fraction of sp³-hybridized carbons (Fsp3) is 0.350. The molecular formula is C20H29IN4O3S. The number of para-hydroxylation sites is 1. The lowest BCUT2D eigenvalue weighted by Crippen LogP contribution is -2.38. The molecule has 7 nitrogen and oxygen atoms in total. The monoisotopic (exact) mass is 532 g/mol. The molecule has 0 radical (unpaired) electrons. The average Bonchev–Trinajstić information content (AvgIpc) is 2.64. The molecule has 0 aliphatic heterocycles. The van der Waals surface area contributed by atoms with Gasteiger partial charge in [-0.3, -0.25) is 9.71 Å². The average molecular weight is 532 g/mol. The first-order valence-electron chi connectivity index (χ1n) is 9.01. The van der Waals surface area contributed by atoms with Gasteiger partial charge in [0.25, 0.3) is 0 Å². The van der Waals surface area contributed by atoms with Crippen molar-refractivity contribution in [3.63, 3.8) is 0 Å². The summed E-state index contributed by atoms with van der Waals surface area (Å²) in [5, 5.41) is 3.28. The topological polar surface area (TPSA) is 83.0 Å². The van der Waals surface area contributed by atoms with Gasteiger partial charge in [0.2, 0.25) is 10.0 Å². The Labute approximate surface area is 190 Å². The van der Waals surface area contributed by atoms with Gasteiger partial charge in [0.15, 0.2) is 5.96 Å². The van der Waals surface area contributed by atoms with E-state index in [9.17, 15) is 8.42 Å². The van der Waals surface area contributed by atoms with Crippen molar-refractivity contribution in [1.29, 1.82) is 0 Å². The molecule has 160 valence electrons. The first kappa shape index (κ1) is 25.0. The molecule has 0 amide bonds. The lowest BCUT2D eigenvalue weighted by molar-refractivity contribution is 0.340. The van der Waals surface area contributed by atoms with Crippen molar-refractivity contribution in [3.05, 3.63) is 59.7 Å². The number of nitrogens with zero attached hydrogens (tertiary/aromatic N) is 2. The summed E-state index contributed by atoms with van der Waals surface area (Å²) in [6.45, 7) is 3.72. The van der Waals surface area contributed by atoms with E-state index in [1.165, 1.54) is 0 Å². The van der Waals surface area contributed by atoms with Gasteiger partial charge in [0.05, 0.1) is 18.6 Å². The molecule has 0 unspecified atom stereocenters. The van der Waals surface area contributed by atoms with Crippen LogP contribution in [0.1, 0.15) is 18.1 Å². The minimum Gasteiger partial charge on any atom is -0.494 e. The summed E-state index contributed by atoms with van der Waals surface area (Å²) in [6.07, 6.45) is 1.14. The zero-order valence-corrected chi connectivity index (χ0v) is 20.3. The number of ether oxygens (including phenoxy) is 1. The maximum Gasteiger partial charge on any atom is 0.229 e. The van der Waals surface area contributed by atoms with Crippen LogP contribution in [0.2, 0.25) is 0 Å². The van der Waals surface area contributed by atoms with E-state index < -0.39 is 10.0 Å². The number of nitrogens with one attached hydrogen (secondary N) is 2. The van der Waals surface area contributed by atoms with Crippen molar-refractivity contribution in [3.8, 4) is 5.75 Å². The zero-order valence-electron chi connectivity index (χ0n) is 17.2. The number of aliphatic imine (C=N–C) groups is 1. The highest BCUT2D eigenvalue weighted by Crippen LogP contribution is 2.16. The Hall–Kier alpha value is -2.01. The SMILES string of the molecule is CCOc1ccc(CN(C)C(=NC)NCc2ccccc2NS(C)(=O)=O)cc1.I. The number of hydrogen-bond acceptors (Lipinski definition) is 4. The van der Waals surface area contributed by atoms with Crippen LogP contribution in [-0.2, 0) is 23.1 Å². The molecule has 0 fully saturated rings. The highest BCUT2D eigenvalue weighted by molar-refractivity contribution is 14.0. The van der Waals surface area contributed by atoms with Crippen LogP contribution in [0.25, 0.3) is 0 Å². The van der Waals surface area contributed by atoms with Crippen molar-refractivity contribution in [2.75, 3.05) is 31.7 Å². The van der Waals surface area contributed by atoms with E-state index in [1.54, 1.807) is 19.2 Å². The summed E-state index contributed by atoms with van der Waals surface area (Å²) >= 11 is 0. The lowest BCUT2D eigenvalue weighted by atomic mass is 10.2. The highest BCUT2D eigenvalue weighted by atomic mass is 127. The summed E-state index contributed by atoms with van der Waals surface area (Å²) in [6, 6.07) is 15.2. The third-order valence-corrected chi connectivity index (χ3v) is 4.57. The number of anilines is 1. The molecule has 0 aromatic heterocycles. The molecule has 0 heterocycles. The fourth-order valence-corrected chi connectivity index (χ4v) is 3.34. The molecule has 9 heteroatoms. The molecule has 2 aromatic carbocycles. The first-order valence-corrected chi connectivity index (χ1v) is 10.9. The quantitative estimate of drug-likeness (QED) is 0.310. The summed E-state index contributed by atoms with van der Waals surface area (Å²) in [7, 11) is 0.333. The predicted molar refractivity (Wildman–Crippen MR) is 130 cm³/mol. The second-order valence-corrected chi connectivity index (χ2v) is 8.11. The van der Waals surface area contributed by atoms with Gasteiger partial charge in [-0.25, -0.2) is 8.42 Å². The second kappa shape index (κ2) is 11.9. The van der Waals surface area contributed by atoms with Gasteiger partial charge in [0.1, 0.15) is 5.75 Å². The van der Waals surface area contributed by atoms with E-state index in [4.69, 9.17) is 4.74 Å². The molecule has 0 atom stereocenters. The molecule has 0 spiro atoms. The minimum absolute atomic E-state index is 0. The Kier molecular flexibility index (Phi) is 10.2. The normalized spacial score (nSPS) is 11.4. The van der Waals surface area contributed by atoms with Crippen LogP contribution in [0, 0.1) is 0 Å². The highest BCUT2D eigenvalue weighted by Gasteiger charge is 2.10. The van der Waals surface area contributed by atoms with Crippen LogP contribution in [0.4, 0.5) is 5.69 Å². The van der Waals surface area contributed by atoms with Crippen LogP contribution in [0.15, 0.2) is 53.5 Å². The van der Waals surface area contributed by atoms with Crippen molar-refractivity contribution >= 4 is 45.6 Å². The predicted octanol–water partition coefficient (Wildman–Crippen LogP) is 3.28. The van der Waals surface area contributed by atoms with E-state index in [0.29, 0.717) is 31.3 Å². The number of sulfonamides is 1. The van der Waals surface area contributed by atoms with E-state index >= 15 is 0 Å². The van der Waals surface area contributed by atoms with Crippen LogP contribution in [-0.4, -0.2) is 46.2 Å². The number of halogens is 1. The van der Waals surface area contributed by atoms with Crippen LogP contribution < -0.4 is 14.8 Å². The molecule has 0 aliphatic rings. The van der Waals surface area contributed by atoms with Gasteiger partial charge in [-0.2, -0.15) is 0 Å². The summed E-state index contributed by atoms with van der Waals surface area (Å²) < 4.78 is 31.1. The Balaban J connectivity index is 0.00000420. The Bertz CT molecular complexity index is 902. The molecule has 2 rings (SSSR count). The van der Waals surface area contributed by atoms with Crippen molar-refractivity contribution in [1.82, 2.24) is 10.2 Å². The summed E-state index contributed by atoms with van der Waals surface area (Å²) in [5.41, 5.74) is 2.53. The Morgan fingerprint density at radius 3 is 2.38 bits per heavy atom. The number of benzene rings is 2. The Morgan fingerprint density at radius 2 is 1.79 bits per heavy atom. The number of guanidine groups is 1. The Morgan fingerprint density at radius 1 is 1.14 bits per heavy atom. The third kappa shape index (κ3) is 8.48. The van der Waals surface area contributed by atoms with Gasteiger partial charge in [-0.15, -0.1) is 24.0 Å². The van der Waals surface area contributed by atoms with Gasteiger partial charge in [-0.05, 0) is 36.2 Å². The van der Waals surface area contributed by atoms with Gasteiger partial charge in [-0.1, -0.05) is 30.3 Å². The molecule has 2 aromatic rings. The number of rotatable bonds is 8. The minimum atomic E-state index is -3.34. The van der Waals surface area contributed by atoms with Crippen molar-refractivity contribution in [2.45, 2.75) is 20.0 Å². The molecule has 0 bridgehead atoms.